The Morgan fingerprint density at radius 2 is 1.77 bits per heavy atom. The molecule has 0 fully saturated rings. The van der Waals surface area contributed by atoms with Crippen molar-refractivity contribution in [2.24, 2.45) is 5.92 Å². The van der Waals surface area contributed by atoms with E-state index in [1.165, 1.54) is 39.7 Å². The summed E-state index contributed by atoms with van der Waals surface area (Å²) in [5, 5.41) is 0.578. The lowest BCUT2D eigenvalue weighted by atomic mass is 10.2. The fourth-order valence-electron chi connectivity index (χ4n) is 3.46. The topological polar surface area (TPSA) is 61.8 Å². The third-order valence-electron chi connectivity index (χ3n) is 4.83. The van der Waals surface area contributed by atoms with E-state index in [0.29, 0.717) is 22.8 Å². The minimum Gasteiger partial charge on any atom is -0.320 e. The van der Waals surface area contributed by atoms with E-state index in [1.54, 1.807) is 10.6 Å². The summed E-state index contributed by atoms with van der Waals surface area (Å²) in [6.07, 6.45) is 1.52. The molecule has 8 heteroatoms. The third kappa shape index (κ3) is 3.57. The van der Waals surface area contributed by atoms with Crippen molar-refractivity contribution in [1.29, 1.82) is 0 Å². The first-order valence-corrected chi connectivity index (χ1v) is 9.94. The molecule has 0 amide bonds. The van der Waals surface area contributed by atoms with E-state index in [9.17, 15) is 14.0 Å². The van der Waals surface area contributed by atoms with E-state index < -0.39 is 17.1 Å². The Hall–Kier alpha value is -3.19. The minimum absolute atomic E-state index is 0.0782. The van der Waals surface area contributed by atoms with Gasteiger partial charge in [-0.25, -0.2) is 18.7 Å². The smallest absolute Gasteiger partial charge is 0.320 e. The molecule has 0 unspecified atom stereocenters. The minimum atomic E-state index is -0.504. The molecule has 4 rings (SSSR count). The molecule has 0 aliphatic rings. The molecule has 0 radical (unpaired) electrons. The van der Waals surface area contributed by atoms with Crippen molar-refractivity contribution in [3.63, 3.8) is 0 Å². The number of nitrogens with zero attached hydrogens (tertiary/aromatic N) is 4. The number of imidazole rings is 1. The second kappa shape index (κ2) is 7.91. The number of rotatable bonds is 5. The van der Waals surface area contributed by atoms with E-state index in [1.807, 2.05) is 32.0 Å². The van der Waals surface area contributed by atoms with Crippen LogP contribution in [0.25, 0.3) is 16.9 Å². The van der Waals surface area contributed by atoms with Gasteiger partial charge in [0.1, 0.15) is 5.82 Å². The van der Waals surface area contributed by atoms with Gasteiger partial charge in [-0.3, -0.25) is 9.36 Å². The van der Waals surface area contributed by atoms with Gasteiger partial charge in [0, 0.05) is 11.6 Å². The predicted molar refractivity (Wildman–Crippen MR) is 115 cm³/mol. The van der Waals surface area contributed by atoms with E-state index >= 15 is 0 Å². The Kier molecular flexibility index (Phi) is 5.30. The number of fused-ring (bicyclic) bond motifs is 1. The molecule has 0 spiro atoms. The average molecular weight is 427 g/mol. The highest BCUT2D eigenvalue weighted by molar-refractivity contribution is 6.31. The Balaban J connectivity index is 2.00. The highest BCUT2D eigenvalue weighted by Gasteiger charge is 2.20. The van der Waals surface area contributed by atoms with E-state index in [2.05, 4.69) is 4.98 Å². The lowest BCUT2D eigenvalue weighted by Crippen LogP contribution is -2.41. The van der Waals surface area contributed by atoms with Crippen molar-refractivity contribution in [2.75, 3.05) is 0 Å². The SMILES string of the molecule is CC(C)Cn1c(=O)c2c(ncn2Cc2ccccc2Cl)n(-c2ccc(F)cc2)c1=O. The van der Waals surface area contributed by atoms with Crippen molar-refractivity contribution in [3.05, 3.63) is 92.1 Å². The number of hydrogen-bond donors (Lipinski definition) is 0. The quantitative estimate of drug-likeness (QED) is 0.487. The Labute approximate surface area is 176 Å². The first kappa shape index (κ1) is 20.1. The molecule has 0 aliphatic heterocycles. The van der Waals surface area contributed by atoms with Crippen LogP contribution >= 0.6 is 11.6 Å². The van der Waals surface area contributed by atoms with E-state index in [-0.39, 0.29) is 18.1 Å². The van der Waals surface area contributed by atoms with Crippen LogP contribution in [0.1, 0.15) is 19.4 Å². The first-order valence-electron chi connectivity index (χ1n) is 9.57. The summed E-state index contributed by atoms with van der Waals surface area (Å²) in [6.45, 7) is 4.44. The van der Waals surface area contributed by atoms with Crippen LogP contribution in [0.15, 0.2) is 64.4 Å². The van der Waals surface area contributed by atoms with Crippen LogP contribution in [-0.2, 0) is 13.1 Å². The lowest BCUT2D eigenvalue weighted by Gasteiger charge is -2.14. The van der Waals surface area contributed by atoms with Gasteiger partial charge in [0.15, 0.2) is 11.2 Å². The van der Waals surface area contributed by atoms with Crippen LogP contribution in [0.5, 0.6) is 0 Å². The summed E-state index contributed by atoms with van der Waals surface area (Å²) in [6, 6.07) is 12.9. The molecule has 2 aromatic carbocycles. The summed E-state index contributed by atoms with van der Waals surface area (Å²) < 4.78 is 17.7. The molecular formula is C22H20ClFN4O2. The van der Waals surface area contributed by atoms with Gasteiger partial charge in [-0.15, -0.1) is 0 Å². The molecule has 0 N–H and O–H groups in total. The third-order valence-corrected chi connectivity index (χ3v) is 5.20. The zero-order valence-corrected chi connectivity index (χ0v) is 17.3. The van der Waals surface area contributed by atoms with Gasteiger partial charge in [0.2, 0.25) is 0 Å². The molecule has 2 aromatic heterocycles. The van der Waals surface area contributed by atoms with Crippen molar-refractivity contribution >= 4 is 22.8 Å². The van der Waals surface area contributed by atoms with Gasteiger partial charge >= 0.3 is 5.69 Å². The lowest BCUT2D eigenvalue weighted by molar-refractivity contribution is 0.489. The first-order chi connectivity index (χ1) is 14.4. The second-order valence-corrected chi connectivity index (χ2v) is 7.95. The van der Waals surface area contributed by atoms with Crippen LogP contribution in [0.4, 0.5) is 4.39 Å². The van der Waals surface area contributed by atoms with Gasteiger partial charge in [0.05, 0.1) is 18.6 Å². The molecule has 2 heterocycles. The maximum Gasteiger partial charge on any atom is 0.337 e. The molecule has 6 nitrogen and oxygen atoms in total. The maximum absolute atomic E-state index is 13.4. The monoisotopic (exact) mass is 426 g/mol. The molecule has 154 valence electrons. The van der Waals surface area contributed by atoms with Gasteiger partial charge in [0.25, 0.3) is 5.56 Å². The maximum atomic E-state index is 13.4. The average Bonchev–Trinajstić information content (AvgIpc) is 3.12. The number of benzene rings is 2. The zero-order chi connectivity index (χ0) is 21.4. The predicted octanol–water partition coefficient (Wildman–Crippen LogP) is 3.85. The normalized spacial score (nSPS) is 11.5. The van der Waals surface area contributed by atoms with Gasteiger partial charge < -0.3 is 4.57 Å². The van der Waals surface area contributed by atoms with E-state index in [4.69, 9.17) is 11.6 Å². The zero-order valence-electron chi connectivity index (χ0n) is 16.5. The molecular weight excluding hydrogens is 407 g/mol. The summed E-state index contributed by atoms with van der Waals surface area (Å²) in [5.41, 5.74) is 0.866. The molecule has 0 atom stereocenters. The number of aromatic nitrogens is 4. The molecule has 0 bridgehead atoms. The van der Waals surface area contributed by atoms with Crippen LogP contribution in [0.3, 0.4) is 0 Å². The summed E-state index contributed by atoms with van der Waals surface area (Å²) in [4.78, 5) is 30.8. The second-order valence-electron chi connectivity index (χ2n) is 7.54. The largest absolute Gasteiger partial charge is 0.337 e. The molecule has 0 saturated carbocycles. The summed E-state index contributed by atoms with van der Waals surface area (Å²) >= 11 is 6.29. The fraction of sp³-hybridized carbons (Fsp3) is 0.227. The molecule has 30 heavy (non-hydrogen) atoms. The highest BCUT2D eigenvalue weighted by atomic mass is 35.5. The van der Waals surface area contributed by atoms with E-state index in [0.717, 1.165) is 5.56 Å². The van der Waals surface area contributed by atoms with Crippen molar-refractivity contribution in [3.8, 4) is 5.69 Å². The molecule has 0 aliphatic carbocycles. The van der Waals surface area contributed by atoms with Crippen LogP contribution in [0, 0.1) is 11.7 Å². The molecule has 0 saturated heterocycles. The number of halogens is 2. The van der Waals surface area contributed by atoms with Crippen LogP contribution < -0.4 is 11.2 Å². The number of hydrogen-bond acceptors (Lipinski definition) is 3. The van der Waals surface area contributed by atoms with Crippen LogP contribution in [0.2, 0.25) is 5.02 Å². The van der Waals surface area contributed by atoms with Crippen LogP contribution in [-0.4, -0.2) is 18.7 Å². The highest BCUT2D eigenvalue weighted by Crippen LogP contribution is 2.19. The Bertz CT molecular complexity index is 1340. The van der Waals surface area contributed by atoms with Crippen molar-refractivity contribution in [2.45, 2.75) is 26.9 Å². The Morgan fingerprint density at radius 1 is 1.07 bits per heavy atom. The van der Waals surface area contributed by atoms with Gasteiger partial charge in [-0.2, -0.15) is 0 Å². The summed E-state index contributed by atoms with van der Waals surface area (Å²) in [7, 11) is 0. The molecule has 4 aromatic rings. The standard InChI is InChI=1S/C22H20ClFN4O2/c1-14(2)11-27-21(29)19-20(28(22(27)30)17-9-7-16(24)8-10-17)25-13-26(19)12-15-5-3-4-6-18(15)23/h3-10,13-14H,11-12H2,1-2H3. The van der Waals surface area contributed by atoms with Gasteiger partial charge in [-0.1, -0.05) is 43.6 Å². The van der Waals surface area contributed by atoms with Crippen molar-refractivity contribution < 1.29 is 4.39 Å². The Morgan fingerprint density at radius 3 is 2.43 bits per heavy atom. The fourth-order valence-corrected chi connectivity index (χ4v) is 3.65. The summed E-state index contributed by atoms with van der Waals surface area (Å²) in [5.74, 6) is -0.336. The van der Waals surface area contributed by atoms with Gasteiger partial charge in [-0.05, 0) is 41.8 Å². The van der Waals surface area contributed by atoms with Crippen molar-refractivity contribution in [1.82, 2.24) is 18.7 Å².